The van der Waals surface area contributed by atoms with Gasteiger partial charge in [0.05, 0.1) is 23.6 Å². The van der Waals surface area contributed by atoms with Crippen molar-refractivity contribution in [2.75, 3.05) is 7.11 Å². The van der Waals surface area contributed by atoms with Gasteiger partial charge in [-0.3, -0.25) is 14.5 Å². The Labute approximate surface area is 215 Å². The first-order valence-electron chi connectivity index (χ1n) is 10.4. The van der Waals surface area contributed by atoms with E-state index in [4.69, 9.17) is 21.1 Å². The maximum atomic E-state index is 12.9. The third-order valence-electron chi connectivity index (χ3n) is 5.34. The molecule has 0 spiro atoms. The number of carbonyl (C=O) groups is 2. The molecule has 8 heteroatoms. The molecule has 0 N–H and O–H groups in total. The minimum Gasteiger partial charge on any atom is -0.493 e. The number of nitrogens with zero attached hydrogens (tertiary/aromatic N) is 1. The summed E-state index contributed by atoms with van der Waals surface area (Å²) in [6.07, 6.45) is 1.64. The van der Waals surface area contributed by atoms with Crippen molar-refractivity contribution in [1.82, 2.24) is 4.90 Å². The van der Waals surface area contributed by atoms with E-state index in [0.29, 0.717) is 33.6 Å². The molecule has 34 heavy (non-hydrogen) atoms. The molecule has 1 saturated heterocycles. The van der Waals surface area contributed by atoms with Crippen LogP contribution in [0.2, 0.25) is 5.02 Å². The summed E-state index contributed by atoms with van der Waals surface area (Å²) >= 11 is 10.9. The zero-order valence-corrected chi connectivity index (χ0v) is 21.7. The number of carbonyl (C=O) groups excluding carboxylic acids is 2. The Morgan fingerprint density at radius 2 is 1.76 bits per heavy atom. The number of ether oxygens (including phenoxy) is 2. The maximum absolute atomic E-state index is 12.9. The molecule has 0 unspecified atom stereocenters. The van der Waals surface area contributed by atoms with Crippen LogP contribution in [0.1, 0.15) is 22.3 Å². The lowest BCUT2D eigenvalue weighted by atomic mass is 10.1. The van der Waals surface area contributed by atoms with Crippen LogP contribution in [-0.2, 0) is 17.9 Å². The molecule has 0 aliphatic carbocycles. The predicted molar refractivity (Wildman–Crippen MR) is 139 cm³/mol. The third kappa shape index (κ3) is 5.32. The van der Waals surface area contributed by atoms with Crippen molar-refractivity contribution in [3.8, 4) is 11.5 Å². The SMILES string of the molecule is COc1cc(/C=C2\SC(=O)N(Cc3ccccc3Br)C2=O)cc(Cl)c1OCc1ccccc1C. The summed E-state index contributed by atoms with van der Waals surface area (Å²) in [6, 6.07) is 18.9. The number of imide groups is 1. The smallest absolute Gasteiger partial charge is 0.293 e. The first-order chi connectivity index (χ1) is 16.4. The van der Waals surface area contributed by atoms with E-state index < -0.39 is 0 Å². The molecule has 0 bridgehead atoms. The van der Waals surface area contributed by atoms with Gasteiger partial charge >= 0.3 is 0 Å². The Morgan fingerprint density at radius 3 is 2.47 bits per heavy atom. The predicted octanol–water partition coefficient (Wildman–Crippen LogP) is 7.24. The third-order valence-corrected chi connectivity index (χ3v) is 7.30. The minimum atomic E-state index is -0.347. The molecule has 3 aromatic carbocycles. The molecule has 1 fully saturated rings. The summed E-state index contributed by atoms with van der Waals surface area (Å²) in [4.78, 5) is 27.0. The molecular weight excluding hydrogens is 538 g/mol. The second kappa shape index (κ2) is 10.7. The van der Waals surface area contributed by atoms with Crippen LogP contribution in [0.4, 0.5) is 4.79 Å². The highest BCUT2D eigenvalue weighted by Crippen LogP contribution is 2.40. The molecular formula is C26H21BrClNO4S. The lowest BCUT2D eigenvalue weighted by Gasteiger charge is -2.15. The molecule has 0 aromatic heterocycles. The number of benzene rings is 3. The Morgan fingerprint density at radius 1 is 1.06 bits per heavy atom. The van der Waals surface area contributed by atoms with Gasteiger partial charge in [-0.05, 0) is 65.2 Å². The van der Waals surface area contributed by atoms with E-state index in [9.17, 15) is 9.59 Å². The monoisotopic (exact) mass is 557 g/mol. The van der Waals surface area contributed by atoms with E-state index >= 15 is 0 Å². The number of hydrogen-bond donors (Lipinski definition) is 0. The summed E-state index contributed by atoms with van der Waals surface area (Å²) in [5.74, 6) is 0.520. The quantitative estimate of drug-likeness (QED) is 0.286. The van der Waals surface area contributed by atoms with Gasteiger partial charge in [-0.15, -0.1) is 0 Å². The van der Waals surface area contributed by atoms with Crippen LogP contribution in [0.3, 0.4) is 0 Å². The lowest BCUT2D eigenvalue weighted by Crippen LogP contribution is -2.27. The average Bonchev–Trinajstić information content (AvgIpc) is 3.07. The molecule has 4 rings (SSSR count). The summed E-state index contributed by atoms with van der Waals surface area (Å²) in [6.45, 7) is 2.55. The fraction of sp³-hybridized carbons (Fsp3) is 0.154. The molecule has 1 aliphatic rings. The first-order valence-corrected chi connectivity index (χ1v) is 12.4. The highest BCUT2D eigenvalue weighted by atomic mass is 79.9. The van der Waals surface area contributed by atoms with Gasteiger partial charge in [0.2, 0.25) is 0 Å². The largest absolute Gasteiger partial charge is 0.493 e. The van der Waals surface area contributed by atoms with Crippen LogP contribution in [0.15, 0.2) is 70.0 Å². The number of thioether (sulfide) groups is 1. The number of aryl methyl sites for hydroxylation is 1. The summed E-state index contributed by atoms with van der Waals surface area (Å²) < 4.78 is 12.3. The van der Waals surface area contributed by atoms with E-state index in [1.807, 2.05) is 55.5 Å². The first kappa shape index (κ1) is 24.4. The summed E-state index contributed by atoms with van der Waals surface area (Å²) in [5, 5.41) is 0.0369. The van der Waals surface area contributed by atoms with Crippen LogP contribution in [0.25, 0.3) is 6.08 Å². The van der Waals surface area contributed by atoms with Crippen LogP contribution in [-0.4, -0.2) is 23.2 Å². The van der Waals surface area contributed by atoms with Crippen molar-refractivity contribution in [1.29, 1.82) is 0 Å². The zero-order chi connectivity index (χ0) is 24.2. The number of amides is 2. The van der Waals surface area contributed by atoms with Crippen molar-refractivity contribution in [2.24, 2.45) is 0 Å². The molecule has 1 aliphatic heterocycles. The molecule has 5 nitrogen and oxygen atoms in total. The molecule has 2 amide bonds. The van der Waals surface area contributed by atoms with Gasteiger partial charge < -0.3 is 9.47 Å². The van der Waals surface area contributed by atoms with Gasteiger partial charge in [0.25, 0.3) is 11.1 Å². The van der Waals surface area contributed by atoms with Crippen LogP contribution in [0, 0.1) is 6.92 Å². The standard InChI is InChI=1S/C26H21BrClNO4S/c1-16-7-3-4-9-19(16)15-33-24-21(28)11-17(12-22(24)32-2)13-23-25(30)29(26(31)34-23)14-18-8-5-6-10-20(18)27/h3-13H,14-15H2,1-2H3/b23-13-. The molecule has 174 valence electrons. The van der Waals surface area contributed by atoms with Crippen molar-refractivity contribution in [3.63, 3.8) is 0 Å². The van der Waals surface area contributed by atoms with Crippen molar-refractivity contribution in [2.45, 2.75) is 20.1 Å². The van der Waals surface area contributed by atoms with Gasteiger partial charge in [-0.2, -0.15) is 0 Å². The second-order valence-corrected chi connectivity index (χ2v) is 9.86. The molecule has 0 radical (unpaired) electrons. The van der Waals surface area contributed by atoms with Crippen molar-refractivity contribution in [3.05, 3.63) is 97.3 Å². The van der Waals surface area contributed by atoms with Gasteiger partial charge in [-0.25, -0.2) is 0 Å². The molecule has 1 heterocycles. The summed E-state index contributed by atoms with van der Waals surface area (Å²) in [5.41, 5.74) is 3.65. The van der Waals surface area contributed by atoms with E-state index in [0.717, 1.165) is 32.9 Å². The van der Waals surface area contributed by atoms with E-state index in [2.05, 4.69) is 15.9 Å². The van der Waals surface area contributed by atoms with Crippen LogP contribution < -0.4 is 9.47 Å². The second-order valence-electron chi connectivity index (χ2n) is 7.61. The molecule has 3 aromatic rings. The molecule has 0 atom stereocenters. The van der Waals surface area contributed by atoms with Crippen molar-refractivity contribution >= 4 is 56.5 Å². The van der Waals surface area contributed by atoms with E-state index in [1.165, 1.54) is 12.0 Å². The highest BCUT2D eigenvalue weighted by Gasteiger charge is 2.35. The van der Waals surface area contributed by atoms with Gasteiger partial charge in [-0.1, -0.05) is 70.0 Å². The van der Waals surface area contributed by atoms with Crippen LogP contribution >= 0.6 is 39.3 Å². The number of rotatable bonds is 7. The topological polar surface area (TPSA) is 55.8 Å². The Bertz CT molecular complexity index is 1290. The minimum absolute atomic E-state index is 0.194. The Balaban J connectivity index is 1.55. The Hall–Kier alpha value is -2.74. The normalized spacial score (nSPS) is 14.7. The van der Waals surface area contributed by atoms with E-state index in [-0.39, 0.29) is 17.7 Å². The van der Waals surface area contributed by atoms with Crippen molar-refractivity contribution < 1.29 is 19.1 Å². The Kier molecular flexibility index (Phi) is 7.66. The maximum Gasteiger partial charge on any atom is 0.293 e. The van der Waals surface area contributed by atoms with Gasteiger partial charge in [0.1, 0.15) is 6.61 Å². The zero-order valence-electron chi connectivity index (χ0n) is 18.5. The van der Waals surface area contributed by atoms with E-state index in [1.54, 1.807) is 18.2 Å². The fourth-order valence-corrected chi connectivity index (χ4v) is 4.99. The van der Waals surface area contributed by atoms with Gasteiger partial charge in [0, 0.05) is 4.47 Å². The summed E-state index contributed by atoms with van der Waals surface area (Å²) in [7, 11) is 1.53. The number of halogens is 2. The fourth-order valence-electron chi connectivity index (χ4n) is 3.47. The number of methoxy groups -OCH3 is 1. The van der Waals surface area contributed by atoms with Gasteiger partial charge in [0.15, 0.2) is 11.5 Å². The molecule has 0 saturated carbocycles. The average molecular weight is 559 g/mol. The van der Waals surface area contributed by atoms with Crippen LogP contribution in [0.5, 0.6) is 11.5 Å². The highest BCUT2D eigenvalue weighted by molar-refractivity contribution is 9.10. The lowest BCUT2D eigenvalue weighted by molar-refractivity contribution is -0.123. The number of hydrogen-bond acceptors (Lipinski definition) is 5.